The average Bonchev–Trinajstić information content (AvgIpc) is 1.94. The van der Waals surface area contributed by atoms with Crippen LogP contribution in [0.5, 0.6) is 0 Å². The van der Waals surface area contributed by atoms with Crippen LogP contribution in [0, 0.1) is 5.41 Å². The molecule has 1 unspecified atom stereocenters. The lowest BCUT2D eigenvalue weighted by molar-refractivity contribution is 0.0231. The molecule has 1 atom stereocenters. The van der Waals surface area contributed by atoms with Gasteiger partial charge in [0.1, 0.15) is 0 Å². The fraction of sp³-hybridized carbons (Fsp3) is 1.00. The van der Waals surface area contributed by atoms with E-state index in [0.717, 1.165) is 13.0 Å². The van der Waals surface area contributed by atoms with Gasteiger partial charge in [-0.2, -0.15) is 0 Å². The Bertz CT molecular complexity index is 179. The van der Waals surface area contributed by atoms with Crippen LogP contribution in [0.25, 0.3) is 0 Å². The van der Waals surface area contributed by atoms with Gasteiger partial charge < -0.3 is 15.1 Å². The van der Waals surface area contributed by atoms with Crippen molar-refractivity contribution in [2.45, 2.75) is 52.7 Å². The molecular formula is C12H27NO2. The van der Waals surface area contributed by atoms with E-state index in [1.54, 1.807) is 13.8 Å². The normalized spacial score (nSPS) is 15.8. The molecule has 0 rings (SSSR count). The van der Waals surface area contributed by atoms with Crippen molar-refractivity contribution >= 4 is 0 Å². The Balaban J connectivity index is 3.87. The maximum atomic E-state index is 9.84. The third-order valence-electron chi connectivity index (χ3n) is 2.44. The Morgan fingerprint density at radius 3 is 1.93 bits per heavy atom. The zero-order chi connectivity index (χ0) is 12.3. The molecule has 0 aromatic rings. The molecule has 0 fully saturated rings. The van der Waals surface area contributed by atoms with E-state index in [-0.39, 0.29) is 11.5 Å². The number of aliphatic hydroxyl groups excluding tert-OH is 1. The summed E-state index contributed by atoms with van der Waals surface area (Å²) in [7, 11) is 1.97. The van der Waals surface area contributed by atoms with Crippen LogP contribution in [0.1, 0.15) is 41.0 Å². The molecule has 0 spiro atoms. The van der Waals surface area contributed by atoms with E-state index in [4.69, 9.17) is 0 Å². The number of rotatable bonds is 5. The zero-order valence-corrected chi connectivity index (χ0v) is 11.0. The lowest BCUT2D eigenvalue weighted by atomic mass is 9.87. The molecule has 0 aliphatic heterocycles. The van der Waals surface area contributed by atoms with Gasteiger partial charge in [0.2, 0.25) is 0 Å². The summed E-state index contributed by atoms with van der Waals surface area (Å²) < 4.78 is 0. The molecule has 0 saturated heterocycles. The van der Waals surface area contributed by atoms with Crippen molar-refractivity contribution in [1.29, 1.82) is 0 Å². The first kappa shape index (κ1) is 14.9. The first-order chi connectivity index (χ1) is 6.52. The van der Waals surface area contributed by atoms with Gasteiger partial charge in [0.05, 0.1) is 11.7 Å². The van der Waals surface area contributed by atoms with Gasteiger partial charge in [-0.05, 0) is 32.7 Å². The van der Waals surface area contributed by atoms with Gasteiger partial charge in [0.15, 0.2) is 0 Å². The first-order valence-corrected chi connectivity index (χ1v) is 5.61. The summed E-state index contributed by atoms with van der Waals surface area (Å²) in [4.78, 5) is 2.05. The third-order valence-corrected chi connectivity index (χ3v) is 2.44. The highest BCUT2D eigenvalue weighted by Crippen LogP contribution is 2.21. The SMILES string of the molecule is CN(CCC(O)C(C)(C)C)CC(C)(C)O. The van der Waals surface area contributed by atoms with Crippen LogP contribution in [0.3, 0.4) is 0 Å². The lowest BCUT2D eigenvalue weighted by Gasteiger charge is -2.30. The molecule has 15 heavy (non-hydrogen) atoms. The van der Waals surface area contributed by atoms with E-state index >= 15 is 0 Å². The van der Waals surface area contributed by atoms with Gasteiger partial charge in [-0.15, -0.1) is 0 Å². The maximum Gasteiger partial charge on any atom is 0.0718 e. The summed E-state index contributed by atoms with van der Waals surface area (Å²) in [6.45, 7) is 11.1. The Hall–Kier alpha value is -0.120. The fourth-order valence-electron chi connectivity index (χ4n) is 1.52. The van der Waals surface area contributed by atoms with E-state index in [0.29, 0.717) is 6.54 Å². The molecule has 2 N–H and O–H groups in total. The average molecular weight is 217 g/mol. The van der Waals surface area contributed by atoms with Gasteiger partial charge in [0.25, 0.3) is 0 Å². The minimum absolute atomic E-state index is 0.0599. The topological polar surface area (TPSA) is 43.7 Å². The summed E-state index contributed by atoms with van der Waals surface area (Å²) in [5.74, 6) is 0. The minimum Gasteiger partial charge on any atom is -0.393 e. The monoisotopic (exact) mass is 217 g/mol. The van der Waals surface area contributed by atoms with Crippen LogP contribution in [0.2, 0.25) is 0 Å². The maximum absolute atomic E-state index is 9.84. The van der Waals surface area contributed by atoms with E-state index in [2.05, 4.69) is 4.90 Å². The van der Waals surface area contributed by atoms with Crippen molar-refractivity contribution in [3.05, 3.63) is 0 Å². The van der Waals surface area contributed by atoms with Crippen molar-refractivity contribution in [1.82, 2.24) is 4.90 Å². The van der Waals surface area contributed by atoms with Gasteiger partial charge in [-0.1, -0.05) is 20.8 Å². The van der Waals surface area contributed by atoms with E-state index in [9.17, 15) is 10.2 Å². The number of likely N-dealkylation sites (N-methyl/N-ethyl adjacent to an activating group) is 1. The Morgan fingerprint density at radius 1 is 1.13 bits per heavy atom. The van der Waals surface area contributed by atoms with Gasteiger partial charge in [0, 0.05) is 13.1 Å². The second kappa shape index (κ2) is 5.28. The predicted octanol–water partition coefficient (Wildman–Crippen LogP) is 1.49. The molecule has 0 aromatic heterocycles. The van der Waals surface area contributed by atoms with E-state index < -0.39 is 5.60 Å². The Labute approximate surface area is 94.1 Å². The second-order valence-electron chi connectivity index (χ2n) is 6.22. The van der Waals surface area contributed by atoms with Crippen LogP contribution >= 0.6 is 0 Å². The van der Waals surface area contributed by atoms with Gasteiger partial charge in [-0.3, -0.25) is 0 Å². The molecular weight excluding hydrogens is 190 g/mol. The van der Waals surface area contributed by atoms with Crippen LogP contribution in [0.15, 0.2) is 0 Å². The molecule has 0 heterocycles. The number of nitrogens with zero attached hydrogens (tertiary/aromatic N) is 1. The molecule has 0 saturated carbocycles. The standard InChI is InChI=1S/C12H27NO2/c1-11(2,3)10(14)7-8-13(6)9-12(4,5)15/h10,14-15H,7-9H2,1-6H3. The number of hydrogen-bond acceptors (Lipinski definition) is 3. The largest absolute Gasteiger partial charge is 0.393 e. The molecule has 3 nitrogen and oxygen atoms in total. The lowest BCUT2D eigenvalue weighted by Crippen LogP contribution is -2.38. The van der Waals surface area contributed by atoms with Crippen LogP contribution in [-0.4, -0.2) is 47.0 Å². The molecule has 92 valence electrons. The highest BCUT2D eigenvalue weighted by molar-refractivity contribution is 4.75. The molecule has 3 heteroatoms. The number of aliphatic hydroxyl groups is 2. The summed E-state index contributed by atoms with van der Waals surface area (Å²) >= 11 is 0. The van der Waals surface area contributed by atoms with Gasteiger partial charge in [-0.25, -0.2) is 0 Å². The summed E-state index contributed by atoms with van der Waals surface area (Å²) in [5, 5.41) is 19.5. The molecule has 0 aliphatic carbocycles. The summed E-state index contributed by atoms with van der Waals surface area (Å²) in [6, 6.07) is 0. The van der Waals surface area contributed by atoms with Crippen molar-refractivity contribution in [3.8, 4) is 0 Å². The van der Waals surface area contributed by atoms with Gasteiger partial charge >= 0.3 is 0 Å². The number of hydrogen-bond donors (Lipinski definition) is 2. The van der Waals surface area contributed by atoms with Crippen LogP contribution < -0.4 is 0 Å². The first-order valence-electron chi connectivity index (χ1n) is 5.61. The smallest absolute Gasteiger partial charge is 0.0718 e. The third kappa shape index (κ3) is 7.77. The van der Waals surface area contributed by atoms with Crippen molar-refractivity contribution in [3.63, 3.8) is 0 Å². The van der Waals surface area contributed by atoms with Crippen molar-refractivity contribution in [2.75, 3.05) is 20.1 Å². The molecule has 0 amide bonds. The van der Waals surface area contributed by atoms with Crippen LogP contribution in [0.4, 0.5) is 0 Å². The highest BCUT2D eigenvalue weighted by Gasteiger charge is 2.23. The molecule has 0 radical (unpaired) electrons. The minimum atomic E-state index is -0.665. The Morgan fingerprint density at radius 2 is 1.60 bits per heavy atom. The fourth-order valence-corrected chi connectivity index (χ4v) is 1.52. The highest BCUT2D eigenvalue weighted by atomic mass is 16.3. The molecule has 0 bridgehead atoms. The van der Waals surface area contributed by atoms with Crippen molar-refractivity contribution in [2.24, 2.45) is 5.41 Å². The quantitative estimate of drug-likeness (QED) is 0.733. The molecule has 0 aromatic carbocycles. The van der Waals surface area contributed by atoms with Crippen LogP contribution in [-0.2, 0) is 0 Å². The molecule has 0 aliphatic rings. The summed E-state index contributed by atoms with van der Waals surface area (Å²) in [5.41, 5.74) is -0.725. The predicted molar refractivity (Wildman–Crippen MR) is 63.9 cm³/mol. The van der Waals surface area contributed by atoms with Crippen molar-refractivity contribution < 1.29 is 10.2 Å². The van der Waals surface area contributed by atoms with E-state index in [1.165, 1.54) is 0 Å². The Kier molecular flexibility index (Phi) is 5.24. The second-order valence-corrected chi connectivity index (χ2v) is 6.22. The summed E-state index contributed by atoms with van der Waals surface area (Å²) in [6.07, 6.45) is 0.456. The zero-order valence-electron chi connectivity index (χ0n) is 11.0. The van der Waals surface area contributed by atoms with E-state index in [1.807, 2.05) is 27.8 Å².